The predicted octanol–water partition coefficient (Wildman–Crippen LogP) is 5.95. The minimum absolute atomic E-state index is 0.218. The van der Waals surface area contributed by atoms with Gasteiger partial charge in [0, 0.05) is 24.1 Å². The number of hydrogen-bond acceptors (Lipinski definition) is 5. The van der Waals surface area contributed by atoms with Gasteiger partial charge < -0.3 is 19.9 Å². The number of methoxy groups -OCH3 is 1. The SMILES string of the molecule is COc1c(N)cc(Oc2c(Br)cc(OC(C)=O)c(C)c2Br)cc1C(C)C. The number of esters is 1. The Morgan fingerprint density at radius 1 is 1.15 bits per heavy atom. The van der Waals surface area contributed by atoms with Crippen molar-refractivity contribution in [3.05, 3.63) is 38.3 Å². The van der Waals surface area contributed by atoms with Gasteiger partial charge in [-0.05, 0) is 56.8 Å². The van der Waals surface area contributed by atoms with Crippen molar-refractivity contribution >= 4 is 43.5 Å². The fraction of sp³-hybridized carbons (Fsp3) is 0.316. The lowest BCUT2D eigenvalue weighted by Gasteiger charge is -2.18. The van der Waals surface area contributed by atoms with Crippen molar-refractivity contribution in [3.63, 3.8) is 0 Å². The van der Waals surface area contributed by atoms with Crippen LogP contribution in [0.3, 0.4) is 0 Å². The van der Waals surface area contributed by atoms with Crippen molar-refractivity contribution in [1.82, 2.24) is 0 Å². The molecular formula is C19H21Br2NO4. The van der Waals surface area contributed by atoms with Gasteiger partial charge in [-0.3, -0.25) is 4.79 Å². The Morgan fingerprint density at radius 3 is 2.35 bits per heavy atom. The number of carbonyl (C=O) groups is 1. The Kier molecular flexibility index (Phi) is 6.58. The van der Waals surface area contributed by atoms with Crippen LogP contribution in [0, 0.1) is 6.92 Å². The largest absolute Gasteiger partial charge is 0.494 e. The van der Waals surface area contributed by atoms with Crippen LogP contribution in [-0.2, 0) is 4.79 Å². The molecule has 0 saturated heterocycles. The third-order valence-corrected chi connectivity index (χ3v) is 5.34. The Morgan fingerprint density at radius 2 is 1.81 bits per heavy atom. The Labute approximate surface area is 170 Å². The normalized spacial score (nSPS) is 10.8. The highest BCUT2D eigenvalue weighted by molar-refractivity contribution is 9.11. The lowest BCUT2D eigenvalue weighted by molar-refractivity contribution is -0.131. The number of carbonyl (C=O) groups excluding carboxylic acids is 1. The van der Waals surface area contributed by atoms with E-state index in [-0.39, 0.29) is 11.9 Å². The molecule has 0 unspecified atom stereocenters. The zero-order chi connectivity index (χ0) is 19.6. The first-order valence-electron chi connectivity index (χ1n) is 7.98. The van der Waals surface area contributed by atoms with Crippen LogP contribution in [0.25, 0.3) is 0 Å². The topological polar surface area (TPSA) is 70.8 Å². The van der Waals surface area contributed by atoms with E-state index >= 15 is 0 Å². The number of halogens is 2. The fourth-order valence-corrected chi connectivity index (χ4v) is 3.76. The average molecular weight is 487 g/mol. The molecule has 0 atom stereocenters. The summed E-state index contributed by atoms with van der Waals surface area (Å²) in [6.07, 6.45) is 0. The van der Waals surface area contributed by atoms with Crippen LogP contribution >= 0.6 is 31.9 Å². The Balaban J connectivity index is 2.49. The molecule has 0 aromatic heterocycles. The molecule has 7 heteroatoms. The lowest BCUT2D eigenvalue weighted by atomic mass is 10.0. The molecule has 0 fully saturated rings. The van der Waals surface area contributed by atoms with Gasteiger partial charge in [-0.15, -0.1) is 0 Å². The highest BCUT2D eigenvalue weighted by atomic mass is 79.9. The first-order valence-corrected chi connectivity index (χ1v) is 9.56. The van der Waals surface area contributed by atoms with E-state index in [1.807, 2.05) is 13.0 Å². The van der Waals surface area contributed by atoms with Crippen LogP contribution in [-0.4, -0.2) is 13.1 Å². The van der Waals surface area contributed by atoms with Crippen molar-refractivity contribution in [3.8, 4) is 23.0 Å². The zero-order valence-corrected chi connectivity index (χ0v) is 18.4. The van der Waals surface area contributed by atoms with Gasteiger partial charge >= 0.3 is 5.97 Å². The maximum absolute atomic E-state index is 11.3. The molecule has 2 aromatic carbocycles. The van der Waals surface area contributed by atoms with E-state index in [9.17, 15) is 4.79 Å². The lowest BCUT2D eigenvalue weighted by Crippen LogP contribution is -2.04. The second-order valence-electron chi connectivity index (χ2n) is 6.11. The molecule has 140 valence electrons. The highest BCUT2D eigenvalue weighted by Crippen LogP contribution is 2.45. The van der Waals surface area contributed by atoms with Crippen molar-refractivity contribution < 1.29 is 19.0 Å². The molecule has 26 heavy (non-hydrogen) atoms. The molecule has 2 rings (SSSR count). The van der Waals surface area contributed by atoms with Crippen LogP contribution in [0.4, 0.5) is 5.69 Å². The van der Waals surface area contributed by atoms with E-state index in [2.05, 4.69) is 45.7 Å². The maximum Gasteiger partial charge on any atom is 0.308 e. The van der Waals surface area contributed by atoms with E-state index < -0.39 is 0 Å². The van der Waals surface area contributed by atoms with Crippen LogP contribution in [0.15, 0.2) is 27.1 Å². The highest BCUT2D eigenvalue weighted by Gasteiger charge is 2.19. The summed E-state index contributed by atoms with van der Waals surface area (Å²) in [6, 6.07) is 5.33. The van der Waals surface area contributed by atoms with Crippen molar-refractivity contribution in [2.24, 2.45) is 0 Å². The second kappa shape index (κ2) is 8.31. The van der Waals surface area contributed by atoms with Crippen molar-refractivity contribution in [1.29, 1.82) is 0 Å². The van der Waals surface area contributed by atoms with Gasteiger partial charge in [0.1, 0.15) is 17.2 Å². The van der Waals surface area contributed by atoms with Gasteiger partial charge in [-0.1, -0.05) is 13.8 Å². The van der Waals surface area contributed by atoms with Crippen LogP contribution in [0.2, 0.25) is 0 Å². The summed E-state index contributed by atoms with van der Waals surface area (Å²) in [5, 5.41) is 0. The molecular weight excluding hydrogens is 466 g/mol. The summed E-state index contributed by atoms with van der Waals surface area (Å²) in [4.78, 5) is 11.3. The number of anilines is 1. The first-order chi connectivity index (χ1) is 12.1. The smallest absolute Gasteiger partial charge is 0.308 e. The van der Waals surface area contributed by atoms with E-state index in [1.54, 1.807) is 19.2 Å². The molecule has 0 aliphatic carbocycles. The summed E-state index contributed by atoms with van der Waals surface area (Å²) < 4.78 is 18.0. The number of nitrogen functional groups attached to an aromatic ring is 1. The monoisotopic (exact) mass is 485 g/mol. The summed E-state index contributed by atoms with van der Waals surface area (Å²) >= 11 is 6.99. The fourth-order valence-electron chi connectivity index (χ4n) is 2.51. The summed E-state index contributed by atoms with van der Waals surface area (Å²) in [6.45, 7) is 7.32. The van der Waals surface area contributed by atoms with Gasteiger partial charge in [-0.25, -0.2) is 0 Å². The van der Waals surface area contributed by atoms with Gasteiger partial charge in [0.25, 0.3) is 0 Å². The number of benzene rings is 2. The van der Waals surface area contributed by atoms with E-state index in [1.165, 1.54) is 6.92 Å². The van der Waals surface area contributed by atoms with Crippen molar-refractivity contribution in [2.45, 2.75) is 33.6 Å². The number of nitrogens with two attached hydrogens (primary N) is 1. The van der Waals surface area contributed by atoms with Gasteiger partial charge in [0.2, 0.25) is 0 Å². The second-order valence-corrected chi connectivity index (χ2v) is 7.76. The van der Waals surface area contributed by atoms with E-state index in [0.717, 1.165) is 11.1 Å². The molecule has 0 aliphatic rings. The standard InChI is InChI=1S/C19H21Br2NO4/c1-9(2)13-6-12(7-15(22)18(13)24-5)26-19-14(20)8-16(25-11(4)23)10(3)17(19)21/h6-9H,22H2,1-5H3. The van der Waals surface area contributed by atoms with Gasteiger partial charge in [0.05, 0.1) is 21.7 Å². The summed E-state index contributed by atoms with van der Waals surface area (Å²) in [5.41, 5.74) is 8.35. The number of rotatable bonds is 5. The molecule has 2 aromatic rings. The van der Waals surface area contributed by atoms with Gasteiger partial charge in [0.15, 0.2) is 5.75 Å². The maximum atomic E-state index is 11.3. The molecule has 0 amide bonds. The van der Waals surface area contributed by atoms with Gasteiger partial charge in [-0.2, -0.15) is 0 Å². The van der Waals surface area contributed by atoms with Crippen LogP contribution < -0.4 is 19.9 Å². The minimum atomic E-state index is -0.384. The number of ether oxygens (including phenoxy) is 3. The third kappa shape index (κ3) is 4.32. The zero-order valence-electron chi connectivity index (χ0n) is 15.3. The van der Waals surface area contributed by atoms with Crippen LogP contribution in [0.1, 0.15) is 37.8 Å². The molecule has 0 bridgehead atoms. The Hall–Kier alpha value is -1.73. The first kappa shape index (κ1) is 20.6. The molecule has 0 heterocycles. The predicted molar refractivity (Wildman–Crippen MR) is 109 cm³/mol. The quantitative estimate of drug-likeness (QED) is 0.321. The van der Waals surface area contributed by atoms with Crippen LogP contribution in [0.5, 0.6) is 23.0 Å². The molecule has 0 spiro atoms. The Bertz CT molecular complexity index is 850. The molecule has 2 N–H and O–H groups in total. The minimum Gasteiger partial charge on any atom is -0.494 e. The molecule has 0 radical (unpaired) electrons. The van der Waals surface area contributed by atoms with Crippen molar-refractivity contribution in [2.75, 3.05) is 12.8 Å². The van der Waals surface area contributed by atoms with E-state index in [0.29, 0.717) is 37.6 Å². The summed E-state index contributed by atoms with van der Waals surface area (Å²) in [7, 11) is 1.60. The molecule has 0 saturated carbocycles. The third-order valence-electron chi connectivity index (χ3n) is 3.79. The summed E-state index contributed by atoms with van der Waals surface area (Å²) in [5.74, 6) is 2.11. The molecule has 5 nitrogen and oxygen atoms in total. The molecule has 0 aliphatic heterocycles. The van der Waals surface area contributed by atoms with E-state index in [4.69, 9.17) is 19.9 Å². The average Bonchev–Trinajstić information content (AvgIpc) is 2.55. The number of hydrogen-bond donors (Lipinski definition) is 1.